The Hall–Kier alpha value is -3.65. The lowest BCUT2D eigenvalue weighted by Crippen LogP contribution is -2.61. The summed E-state index contributed by atoms with van der Waals surface area (Å²) in [6.07, 6.45) is 1.95. The van der Waals surface area contributed by atoms with Gasteiger partial charge in [-0.2, -0.15) is 0 Å². The van der Waals surface area contributed by atoms with Gasteiger partial charge in [0, 0.05) is 24.5 Å². The molecule has 8 heteroatoms. The largest absolute Gasteiger partial charge is 0.497 e. The van der Waals surface area contributed by atoms with Gasteiger partial charge in [-0.1, -0.05) is 48.5 Å². The number of benzene rings is 2. The summed E-state index contributed by atoms with van der Waals surface area (Å²) in [5, 5.41) is 4.93. The van der Waals surface area contributed by atoms with E-state index in [2.05, 4.69) is 5.32 Å². The van der Waals surface area contributed by atoms with Crippen LogP contribution in [0.3, 0.4) is 0 Å². The smallest absolute Gasteiger partial charge is 0.246 e. The molecule has 1 atom stereocenters. The van der Waals surface area contributed by atoms with Crippen LogP contribution in [-0.4, -0.2) is 66.9 Å². The zero-order valence-electron chi connectivity index (χ0n) is 21.1. The Bertz CT molecular complexity index is 1170. The van der Waals surface area contributed by atoms with E-state index in [-0.39, 0.29) is 30.7 Å². The molecule has 37 heavy (non-hydrogen) atoms. The molecule has 1 aliphatic rings. The van der Waals surface area contributed by atoms with Gasteiger partial charge >= 0.3 is 0 Å². The first-order valence-electron chi connectivity index (χ1n) is 12.6. The standard InChI is InChI=1S/C29H33N3O4S/c1-36-24-11-9-23(10-12-24)13-16-30-27(33)20-26-29(35)31(17-14-22-6-3-2-4-7-22)21-28(34)32(26)18-15-25-8-5-19-37-25/h2-12,19,26H,13-18,20-21H2,1H3,(H,30,33). The van der Waals surface area contributed by atoms with Crippen LogP contribution in [0.15, 0.2) is 72.1 Å². The van der Waals surface area contributed by atoms with Crippen molar-refractivity contribution in [1.29, 1.82) is 0 Å². The summed E-state index contributed by atoms with van der Waals surface area (Å²) in [7, 11) is 1.62. The third kappa shape index (κ3) is 7.43. The van der Waals surface area contributed by atoms with Gasteiger partial charge in [-0.25, -0.2) is 0 Å². The molecule has 0 bridgehead atoms. The Morgan fingerprint density at radius 1 is 0.946 bits per heavy atom. The molecule has 1 N–H and O–H groups in total. The predicted octanol–water partition coefficient (Wildman–Crippen LogP) is 3.33. The molecule has 1 aromatic heterocycles. The summed E-state index contributed by atoms with van der Waals surface area (Å²) >= 11 is 1.63. The van der Waals surface area contributed by atoms with E-state index in [9.17, 15) is 14.4 Å². The Kier molecular flexibility index (Phi) is 9.32. The molecule has 3 amide bonds. The Balaban J connectivity index is 1.38. The molecule has 0 aliphatic carbocycles. The number of nitrogens with zero attached hydrogens (tertiary/aromatic N) is 2. The number of piperazine rings is 1. The molecular formula is C29H33N3O4S. The first kappa shape index (κ1) is 26.4. The third-order valence-electron chi connectivity index (χ3n) is 6.59. The minimum atomic E-state index is -0.794. The summed E-state index contributed by atoms with van der Waals surface area (Å²) in [6.45, 7) is 1.36. The van der Waals surface area contributed by atoms with Crippen LogP contribution >= 0.6 is 11.3 Å². The van der Waals surface area contributed by atoms with Gasteiger partial charge in [0.25, 0.3) is 0 Å². The van der Waals surface area contributed by atoms with E-state index >= 15 is 0 Å². The number of nitrogens with one attached hydrogen (secondary N) is 1. The minimum Gasteiger partial charge on any atom is -0.497 e. The Morgan fingerprint density at radius 3 is 2.41 bits per heavy atom. The zero-order chi connectivity index (χ0) is 26.0. The van der Waals surface area contributed by atoms with Crippen molar-refractivity contribution in [3.63, 3.8) is 0 Å². The van der Waals surface area contributed by atoms with Gasteiger partial charge in [0.05, 0.1) is 20.1 Å². The van der Waals surface area contributed by atoms with Gasteiger partial charge < -0.3 is 19.9 Å². The maximum Gasteiger partial charge on any atom is 0.246 e. The first-order chi connectivity index (χ1) is 18.0. The number of amides is 3. The molecular weight excluding hydrogens is 486 g/mol. The zero-order valence-corrected chi connectivity index (χ0v) is 21.9. The van der Waals surface area contributed by atoms with Crippen LogP contribution in [0.1, 0.15) is 22.4 Å². The van der Waals surface area contributed by atoms with Gasteiger partial charge in [0.1, 0.15) is 11.8 Å². The second-order valence-corrected chi connectivity index (χ2v) is 10.1. The third-order valence-corrected chi connectivity index (χ3v) is 7.52. The van der Waals surface area contributed by atoms with E-state index < -0.39 is 6.04 Å². The van der Waals surface area contributed by atoms with Gasteiger partial charge in [-0.3, -0.25) is 14.4 Å². The second-order valence-electron chi connectivity index (χ2n) is 9.08. The highest BCUT2D eigenvalue weighted by molar-refractivity contribution is 7.09. The van der Waals surface area contributed by atoms with Gasteiger partial charge in [-0.15, -0.1) is 11.3 Å². The lowest BCUT2D eigenvalue weighted by atomic mass is 10.0. The number of carbonyl (C=O) groups is 3. The van der Waals surface area contributed by atoms with Crippen molar-refractivity contribution in [3.05, 3.63) is 88.1 Å². The predicted molar refractivity (Wildman–Crippen MR) is 145 cm³/mol. The number of hydrogen-bond acceptors (Lipinski definition) is 5. The molecule has 0 saturated carbocycles. The molecule has 1 unspecified atom stereocenters. The summed E-state index contributed by atoms with van der Waals surface area (Å²) < 4.78 is 5.18. The molecule has 3 aromatic rings. The fourth-order valence-corrected chi connectivity index (χ4v) is 5.20. The van der Waals surface area contributed by atoms with Crippen molar-refractivity contribution in [2.75, 3.05) is 33.3 Å². The summed E-state index contributed by atoms with van der Waals surface area (Å²) in [5.74, 6) is 0.283. The molecule has 2 heterocycles. The summed E-state index contributed by atoms with van der Waals surface area (Å²) in [5.41, 5.74) is 2.19. The number of ether oxygens (including phenoxy) is 1. The maximum atomic E-state index is 13.5. The van der Waals surface area contributed by atoms with Crippen LogP contribution in [-0.2, 0) is 33.6 Å². The van der Waals surface area contributed by atoms with Crippen molar-refractivity contribution in [3.8, 4) is 5.75 Å². The highest BCUT2D eigenvalue weighted by atomic mass is 32.1. The summed E-state index contributed by atoms with van der Waals surface area (Å²) in [6, 6.07) is 20.8. The number of carbonyl (C=O) groups excluding carboxylic acids is 3. The topological polar surface area (TPSA) is 79.0 Å². The molecule has 0 spiro atoms. The van der Waals surface area contributed by atoms with E-state index in [4.69, 9.17) is 4.74 Å². The number of thiophene rings is 1. The van der Waals surface area contributed by atoms with Crippen LogP contribution in [0, 0.1) is 0 Å². The van der Waals surface area contributed by atoms with Gasteiger partial charge in [0.15, 0.2) is 0 Å². The van der Waals surface area contributed by atoms with Crippen molar-refractivity contribution in [1.82, 2.24) is 15.1 Å². The van der Waals surface area contributed by atoms with E-state index in [1.807, 2.05) is 72.1 Å². The Labute approximate surface area is 222 Å². The minimum absolute atomic E-state index is 0.0422. The van der Waals surface area contributed by atoms with Crippen LogP contribution < -0.4 is 10.1 Å². The molecule has 2 aromatic carbocycles. The maximum absolute atomic E-state index is 13.5. The number of methoxy groups -OCH3 is 1. The van der Waals surface area contributed by atoms with Crippen molar-refractivity contribution < 1.29 is 19.1 Å². The van der Waals surface area contributed by atoms with Crippen LogP contribution in [0.2, 0.25) is 0 Å². The Morgan fingerprint density at radius 2 is 1.70 bits per heavy atom. The van der Waals surface area contributed by atoms with E-state index in [0.29, 0.717) is 38.9 Å². The first-order valence-corrected chi connectivity index (χ1v) is 13.5. The van der Waals surface area contributed by atoms with E-state index in [1.165, 1.54) is 0 Å². The van der Waals surface area contributed by atoms with Crippen molar-refractivity contribution in [2.24, 2.45) is 0 Å². The normalized spacial score (nSPS) is 15.6. The van der Waals surface area contributed by atoms with Crippen molar-refractivity contribution in [2.45, 2.75) is 31.7 Å². The highest BCUT2D eigenvalue weighted by Gasteiger charge is 2.40. The van der Waals surface area contributed by atoms with Crippen LogP contribution in [0.25, 0.3) is 0 Å². The second kappa shape index (κ2) is 13.1. The molecule has 7 nitrogen and oxygen atoms in total. The van der Waals surface area contributed by atoms with Crippen LogP contribution in [0.4, 0.5) is 0 Å². The quantitative estimate of drug-likeness (QED) is 0.398. The van der Waals surface area contributed by atoms with Crippen LogP contribution in [0.5, 0.6) is 5.75 Å². The molecule has 194 valence electrons. The SMILES string of the molecule is COc1ccc(CCNC(=O)CC2C(=O)N(CCc3ccccc3)CC(=O)N2CCc2cccs2)cc1. The lowest BCUT2D eigenvalue weighted by molar-refractivity contribution is -0.157. The number of hydrogen-bond donors (Lipinski definition) is 1. The average molecular weight is 520 g/mol. The fraction of sp³-hybridized carbons (Fsp3) is 0.345. The van der Waals surface area contributed by atoms with Gasteiger partial charge in [0.2, 0.25) is 17.7 Å². The molecule has 4 rings (SSSR count). The average Bonchev–Trinajstić information content (AvgIpc) is 3.44. The highest BCUT2D eigenvalue weighted by Crippen LogP contribution is 2.19. The van der Waals surface area contributed by atoms with E-state index in [1.54, 1.807) is 28.2 Å². The van der Waals surface area contributed by atoms with Gasteiger partial charge in [-0.05, 0) is 54.0 Å². The molecule has 1 aliphatic heterocycles. The number of rotatable bonds is 12. The van der Waals surface area contributed by atoms with E-state index in [0.717, 1.165) is 21.8 Å². The molecule has 0 radical (unpaired) electrons. The monoisotopic (exact) mass is 519 g/mol. The fourth-order valence-electron chi connectivity index (χ4n) is 4.50. The molecule has 1 saturated heterocycles. The van der Waals surface area contributed by atoms with Crippen molar-refractivity contribution >= 4 is 29.1 Å². The lowest BCUT2D eigenvalue weighted by Gasteiger charge is -2.40. The summed E-state index contributed by atoms with van der Waals surface area (Å²) in [4.78, 5) is 43.9. The molecule has 1 fully saturated rings.